The fourth-order valence-corrected chi connectivity index (χ4v) is 2.16. The molecule has 2 aromatic rings. The molecule has 0 aromatic heterocycles. The van der Waals surface area contributed by atoms with Gasteiger partial charge in [-0.15, -0.1) is 24.0 Å². The van der Waals surface area contributed by atoms with Crippen LogP contribution in [0.3, 0.4) is 0 Å². The molecule has 4 nitrogen and oxygen atoms in total. The van der Waals surface area contributed by atoms with Crippen LogP contribution >= 0.6 is 24.0 Å². The molecule has 3 N–H and O–H groups in total. The smallest absolute Gasteiger partial charge is 0.188 e. The zero-order chi connectivity index (χ0) is 16.7. The Morgan fingerprint density at radius 3 is 2.46 bits per heavy atom. The van der Waals surface area contributed by atoms with Crippen molar-refractivity contribution in [2.75, 3.05) is 6.54 Å². The fraction of sp³-hybridized carbons (Fsp3) is 0.263. The predicted octanol–water partition coefficient (Wildman–Crippen LogP) is 3.90. The van der Waals surface area contributed by atoms with Gasteiger partial charge >= 0.3 is 0 Å². The lowest BCUT2D eigenvalue weighted by atomic mass is 9.99. The topological polar surface area (TPSA) is 74.2 Å². The van der Waals surface area contributed by atoms with Crippen LogP contribution in [0.15, 0.2) is 53.5 Å². The van der Waals surface area contributed by atoms with Crippen molar-refractivity contribution < 1.29 is 0 Å². The molecule has 0 fully saturated rings. The first-order chi connectivity index (χ1) is 11.1. The minimum Gasteiger partial charge on any atom is -0.370 e. The second-order valence-corrected chi connectivity index (χ2v) is 5.83. The lowest BCUT2D eigenvalue weighted by Gasteiger charge is -2.08. The normalized spacial score (nSPS) is 10.8. The third-order valence-electron chi connectivity index (χ3n) is 3.44. The Balaban J connectivity index is 0.00000288. The summed E-state index contributed by atoms with van der Waals surface area (Å²) in [6.07, 6.45) is 0. The van der Waals surface area contributed by atoms with Crippen LogP contribution < -0.4 is 11.1 Å². The zero-order valence-corrected chi connectivity index (χ0v) is 16.3. The van der Waals surface area contributed by atoms with Crippen LogP contribution in [0.2, 0.25) is 0 Å². The van der Waals surface area contributed by atoms with E-state index < -0.39 is 0 Å². The van der Waals surface area contributed by atoms with E-state index in [-0.39, 0.29) is 24.0 Å². The van der Waals surface area contributed by atoms with Crippen LogP contribution in [0.1, 0.15) is 25.0 Å². The van der Waals surface area contributed by atoms with Crippen molar-refractivity contribution in [2.24, 2.45) is 16.6 Å². The molecule has 0 aliphatic heterocycles. The monoisotopic (exact) mass is 434 g/mol. The Labute approximate surface area is 160 Å². The average molecular weight is 434 g/mol. The van der Waals surface area contributed by atoms with Gasteiger partial charge in [-0.2, -0.15) is 5.26 Å². The van der Waals surface area contributed by atoms with Crippen LogP contribution in [0.5, 0.6) is 0 Å². The molecular weight excluding hydrogens is 411 g/mol. The van der Waals surface area contributed by atoms with E-state index in [1.54, 1.807) is 0 Å². The van der Waals surface area contributed by atoms with Gasteiger partial charge in [0, 0.05) is 6.54 Å². The lowest BCUT2D eigenvalue weighted by Crippen LogP contribution is -2.34. The maximum absolute atomic E-state index is 9.18. The van der Waals surface area contributed by atoms with Crippen molar-refractivity contribution in [1.82, 2.24) is 5.32 Å². The second-order valence-electron chi connectivity index (χ2n) is 5.83. The van der Waals surface area contributed by atoms with Gasteiger partial charge in [-0.1, -0.05) is 56.3 Å². The molecule has 2 rings (SSSR count). The van der Waals surface area contributed by atoms with E-state index in [0.717, 1.165) is 23.2 Å². The van der Waals surface area contributed by atoms with E-state index in [1.165, 1.54) is 0 Å². The summed E-state index contributed by atoms with van der Waals surface area (Å²) in [6, 6.07) is 17.9. The van der Waals surface area contributed by atoms with Crippen LogP contribution in [0, 0.1) is 17.2 Å². The first kappa shape index (κ1) is 20.0. The molecule has 2 aromatic carbocycles. The van der Waals surface area contributed by atoms with Crippen LogP contribution in [0.4, 0.5) is 0 Å². The highest BCUT2D eigenvalue weighted by atomic mass is 127. The summed E-state index contributed by atoms with van der Waals surface area (Å²) in [5, 5.41) is 12.3. The van der Waals surface area contributed by atoms with Crippen molar-refractivity contribution in [2.45, 2.75) is 20.4 Å². The number of halogens is 1. The van der Waals surface area contributed by atoms with Gasteiger partial charge < -0.3 is 11.1 Å². The number of hydrogen-bond donors (Lipinski definition) is 2. The number of nitrogens with zero attached hydrogens (tertiary/aromatic N) is 2. The maximum Gasteiger partial charge on any atom is 0.188 e. The number of guanidine groups is 1. The second kappa shape index (κ2) is 9.93. The number of nitrogens with two attached hydrogens (primary N) is 1. The third kappa shape index (κ3) is 5.85. The van der Waals surface area contributed by atoms with Gasteiger partial charge in [0.1, 0.15) is 0 Å². The minimum atomic E-state index is 0. The van der Waals surface area contributed by atoms with E-state index in [4.69, 9.17) is 5.73 Å². The summed E-state index contributed by atoms with van der Waals surface area (Å²) in [5.74, 6) is 1.00. The summed E-state index contributed by atoms with van der Waals surface area (Å²) < 4.78 is 0. The Bertz CT molecular complexity index is 715. The quantitative estimate of drug-likeness (QED) is 0.426. The highest BCUT2D eigenvalue weighted by Crippen LogP contribution is 2.23. The molecule has 126 valence electrons. The first-order valence-electron chi connectivity index (χ1n) is 7.72. The standard InChI is InChI=1S/C19H22N4.HI/c1-14(2)12-22-19(21)23-13-15-7-9-16(10-8-15)18-6-4-3-5-17(18)11-20;/h3-10,14H,12-13H2,1-2H3,(H3,21,22,23);1H. The number of nitriles is 1. The molecule has 0 radical (unpaired) electrons. The average Bonchev–Trinajstić information content (AvgIpc) is 2.58. The van der Waals surface area contributed by atoms with Crippen LogP contribution in [-0.2, 0) is 6.54 Å². The van der Waals surface area contributed by atoms with E-state index in [0.29, 0.717) is 24.0 Å². The van der Waals surface area contributed by atoms with Gasteiger partial charge in [0.15, 0.2) is 5.96 Å². The molecule has 0 bridgehead atoms. The summed E-state index contributed by atoms with van der Waals surface area (Å²) in [5.41, 5.74) is 9.57. The summed E-state index contributed by atoms with van der Waals surface area (Å²) in [6.45, 7) is 5.60. The SMILES string of the molecule is CC(C)CNC(N)=NCc1ccc(-c2ccccc2C#N)cc1.I. The molecule has 5 heteroatoms. The molecule has 0 aliphatic carbocycles. The maximum atomic E-state index is 9.18. The minimum absolute atomic E-state index is 0. The van der Waals surface area contributed by atoms with E-state index in [1.807, 2.05) is 48.5 Å². The van der Waals surface area contributed by atoms with Crippen molar-refractivity contribution in [1.29, 1.82) is 5.26 Å². The predicted molar refractivity (Wildman–Crippen MR) is 110 cm³/mol. The van der Waals surface area contributed by atoms with Gasteiger partial charge in [-0.05, 0) is 28.7 Å². The molecular formula is C19H23IN4. The van der Waals surface area contributed by atoms with Gasteiger partial charge in [0.05, 0.1) is 18.2 Å². The molecule has 0 aliphatic rings. The Kier molecular flexibility index (Phi) is 8.27. The lowest BCUT2D eigenvalue weighted by molar-refractivity contribution is 0.622. The number of aliphatic imine (C=N–C) groups is 1. The van der Waals surface area contributed by atoms with Gasteiger partial charge in [0.25, 0.3) is 0 Å². The van der Waals surface area contributed by atoms with Gasteiger partial charge in [-0.3, -0.25) is 0 Å². The largest absolute Gasteiger partial charge is 0.370 e. The summed E-state index contributed by atoms with van der Waals surface area (Å²) >= 11 is 0. The Morgan fingerprint density at radius 2 is 1.83 bits per heavy atom. The van der Waals surface area contributed by atoms with Crippen LogP contribution in [0.25, 0.3) is 11.1 Å². The number of hydrogen-bond acceptors (Lipinski definition) is 2. The highest BCUT2D eigenvalue weighted by Gasteiger charge is 2.03. The Hall–Kier alpha value is -2.07. The summed E-state index contributed by atoms with van der Waals surface area (Å²) in [4.78, 5) is 4.33. The molecule has 0 heterocycles. The van der Waals surface area contributed by atoms with Crippen molar-refractivity contribution in [3.63, 3.8) is 0 Å². The zero-order valence-electron chi connectivity index (χ0n) is 14.0. The first-order valence-corrected chi connectivity index (χ1v) is 7.72. The van der Waals surface area contributed by atoms with Gasteiger partial charge in [0.2, 0.25) is 0 Å². The molecule has 24 heavy (non-hydrogen) atoms. The van der Waals surface area contributed by atoms with E-state index in [2.05, 4.69) is 30.2 Å². The van der Waals surface area contributed by atoms with Crippen molar-refractivity contribution in [3.05, 3.63) is 59.7 Å². The molecule has 0 atom stereocenters. The van der Waals surface area contributed by atoms with E-state index in [9.17, 15) is 5.26 Å². The van der Waals surface area contributed by atoms with Gasteiger partial charge in [-0.25, -0.2) is 4.99 Å². The fourth-order valence-electron chi connectivity index (χ4n) is 2.16. The summed E-state index contributed by atoms with van der Waals surface area (Å²) in [7, 11) is 0. The molecule has 0 saturated heterocycles. The molecule has 0 amide bonds. The Morgan fingerprint density at radius 1 is 1.17 bits per heavy atom. The van der Waals surface area contributed by atoms with Crippen molar-refractivity contribution >= 4 is 29.9 Å². The van der Waals surface area contributed by atoms with E-state index >= 15 is 0 Å². The highest BCUT2D eigenvalue weighted by molar-refractivity contribution is 14.0. The third-order valence-corrected chi connectivity index (χ3v) is 3.44. The number of benzene rings is 2. The molecule has 0 saturated carbocycles. The number of nitrogens with one attached hydrogen (secondary N) is 1. The van der Waals surface area contributed by atoms with Crippen LogP contribution in [-0.4, -0.2) is 12.5 Å². The number of rotatable bonds is 5. The molecule has 0 unspecified atom stereocenters. The van der Waals surface area contributed by atoms with Crippen molar-refractivity contribution in [3.8, 4) is 17.2 Å². The molecule has 0 spiro atoms.